The lowest BCUT2D eigenvalue weighted by atomic mass is 9.34. The molecule has 2 fully saturated rings. The zero-order valence-electron chi connectivity index (χ0n) is 41.3. The van der Waals surface area contributed by atoms with E-state index in [1.54, 1.807) is 0 Å². The van der Waals surface area contributed by atoms with Crippen LogP contribution in [-0.4, -0.2) is 6.71 Å². The Kier molecular flexibility index (Phi) is 12.3. The lowest BCUT2D eigenvalue weighted by Crippen LogP contribution is -2.55. The van der Waals surface area contributed by atoms with Crippen LogP contribution in [0.25, 0.3) is 31.3 Å². The molecular formula is C65H64BOPS. The van der Waals surface area contributed by atoms with Crippen molar-refractivity contribution in [2.45, 2.75) is 98.3 Å². The maximum absolute atomic E-state index is 15.1. The largest absolute Gasteiger partial charge is 0.309 e. The maximum Gasteiger partial charge on any atom is 0.242 e. The molecule has 2 atom stereocenters. The monoisotopic (exact) mass is 934 g/mol. The normalized spacial score (nSPS) is 18.2. The first-order valence-corrected chi connectivity index (χ1v) is 28.0. The van der Waals surface area contributed by atoms with Crippen molar-refractivity contribution in [3.8, 4) is 11.1 Å². The summed E-state index contributed by atoms with van der Waals surface area (Å²) in [5.41, 5.74) is 17.9. The van der Waals surface area contributed by atoms with E-state index in [1.165, 1.54) is 131 Å². The van der Waals surface area contributed by atoms with Crippen LogP contribution in [-0.2, 0) is 16.4 Å². The summed E-state index contributed by atoms with van der Waals surface area (Å²) in [6.07, 6.45) is 10.2. The maximum atomic E-state index is 15.1. The molecule has 0 spiro atoms. The van der Waals surface area contributed by atoms with Crippen molar-refractivity contribution >= 4 is 77.7 Å². The molecule has 1 aromatic heterocycles. The minimum absolute atomic E-state index is 0.144. The molecule has 2 aliphatic carbocycles. The Labute approximate surface area is 415 Å². The summed E-state index contributed by atoms with van der Waals surface area (Å²) in [5, 5.41) is 5.37. The fourth-order valence-electron chi connectivity index (χ4n) is 13.5. The summed E-state index contributed by atoms with van der Waals surface area (Å²) in [6, 6.07) is 62.7. The van der Waals surface area contributed by atoms with Gasteiger partial charge in [-0.3, -0.25) is 0 Å². The lowest BCUT2D eigenvalue weighted by molar-refractivity contribution is 0.103. The van der Waals surface area contributed by atoms with Crippen molar-refractivity contribution in [2.24, 2.45) is 11.8 Å². The summed E-state index contributed by atoms with van der Waals surface area (Å²) in [4.78, 5) is 0. The van der Waals surface area contributed by atoms with E-state index < -0.39 is 7.14 Å². The lowest BCUT2D eigenvalue weighted by Gasteiger charge is -2.48. The quantitative estimate of drug-likeness (QED) is 0.0933. The second-order valence-electron chi connectivity index (χ2n) is 21.2. The molecule has 0 aliphatic heterocycles. The molecule has 344 valence electrons. The Morgan fingerprint density at radius 1 is 0.536 bits per heavy atom. The van der Waals surface area contributed by atoms with Crippen LogP contribution in [0.3, 0.4) is 0 Å². The molecular weight excluding hydrogens is 871 g/mol. The smallest absolute Gasteiger partial charge is 0.242 e. The van der Waals surface area contributed by atoms with Gasteiger partial charge in [0.15, 0.2) is 7.14 Å². The van der Waals surface area contributed by atoms with Crippen LogP contribution in [0.2, 0.25) is 0 Å². The molecule has 0 radical (unpaired) electrons. The molecule has 0 N–H and O–H groups in total. The van der Waals surface area contributed by atoms with E-state index in [9.17, 15) is 0 Å². The molecule has 0 saturated heterocycles. The number of rotatable bonds is 11. The summed E-state index contributed by atoms with van der Waals surface area (Å²) >= 11 is 1.91. The zero-order chi connectivity index (χ0) is 47.4. The van der Waals surface area contributed by atoms with E-state index in [4.69, 9.17) is 0 Å². The molecule has 9 aromatic rings. The Bertz CT molecular complexity index is 3230. The van der Waals surface area contributed by atoms with Gasteiger partial charge in [0, 0.05) is 30.7 Å². The molecule has 2 aliphatic rings. The van der Waals surface area contributed by atoms with Crippen LogP contribution in [0.5, 0.6) is 0 Å². The third-order valence-corrected chi connectivity index (χ3v) is 20.6. The first-order chi connectivity index (χ1) is 33.5. The second kappa shape index (κ2) is 18.5. The van der Waals surface area contributed by atoms with Crippen LogP contribution in [0.4, 0.5) is 0 Å². The number of benzene rings is 8. The molecule has 2 bridgehead atoms. The van der Waals surface area contributed by atoms with Crippen LogP contribution >= 0.6 is 18.5 Å². The van der Waals surface area contributed by atoms with Crippen molar-refractivity contribution < 1.29 is 4.57 Å². The fourth-order valence-corrected chi connectivity index (χ4v) is 17.2. The molecule has 69 heavy (non-hydrogen) atoms. The highest BCUT2D eigenvalue weighted by Gasteiger charge is 2.43. The number of hydrogen-bond acceptors (Lipinski definition) is 2. The van der Waals surface area contributed by atoms with Gasteiger partial charge in [-0.2, -0.15) is 0 Å². The summed E-state index contributed by atoms with van der Waals surface area (Å²) in [7, 11) is -3.01. The van der Waals surface area contributed by atoms with E-state index in [0.29, 0.717) is 0 Å². The molecule has 1 nitrogen and oxygen atoms in total. The van der Waals surface area contributed by atoms with Crippen molar-refractivity contribution in [1.82, 2.24) is 0 Å². The van der Waals surface area contributed by atoms with Gasteiger partial charge in [0.05, 0.1) is 0 Å². The van der Waals surface area contributed by atoms with E-state index in [0.717, 1.165) is 40.6 Å². The first-order valence-electron chi connectivity index (χ1n) is 25.5. The summed E-state index contributed by atoms with van der Waals surface area (Å²) < 4.78 is 17.8. The van der Waals surface area contributed by atoms with Gasteiger partial charge in [-0.05, 0) is 137 Å². The van der Waals surface area contributed by atoms with Gasteiger partial charge in [0.25, 0.3) is 0 Å². The van der Waals surface area contributed by atoms with Crippen molar-refractivity contribution in [1.29, 1.82) is 0 Å². The summed E-state index contributed by atoms with van der Waals surface area (Å²) in [6.45, 7) is 13.8. The number of fused-ring (bicyclic) bond motifs is 5. The third kappa shape index (κ3) is 8.59. The van der Waals surface area contributed by atoms with Gasteiger partial charge < -0.3 is 4.57 Å². The third-order valence-electron chi connectivity index (χ3n) is 16.4. The molecule has 1 heterocycles. The minimum Gasteiger partial charge on any atom is -0.309 e. The Balaban J connectivity index is 0.913. The van der Waals surface area contributed by atoms with Crippen LogP contribution in [0.1, 0.15) is 89.5 Å². The fraction of sp³-hybridized carbons (Fsp3) is 0.262. The van der Waals surface area contributed by atoms with Gasteiger partial charge in [-0.15, -0.1) is 11.3 Å². The summed E-state index contributed by atoms with van der Waals surface area (Å²) in [5.74, 6) is 1.61. The molecule has 2 saturated carbocycles. The highest BCUT2D eigenvalue weighted by molar-refractivity contribution is 7.85. The number of hydrogen-bond donors (Lipinski definition) is 0. The predicted molar refractivity (Wildman–Crippen MR) is 301 cm³/mol. The molecule has 11 rings (SSSR count). The van der Waals surface area contributed by atoms with Crippen molar-refractivity contribution in [2.75, 3.05) is 0 Å². The average Bonchev–Trinajstić information content (AvgIpc) is 3.72. The van der Waals surface area contributed by atoms with E-state index in [2.05, 4.69) is 151 Å². The van der Waals surface area contributed by atoms with Crippen LogP contribution < -0.4 is 32.3 Å². The minimum atomic E-state index is -3.01. The van der Waals surface area contributed by atoms with Crippen molar-refractivity contribution in [3.05, 3.63) is 214 Å². The Morgan fingerprint density at radius 2 is 1.03 bits per heavy atom. The molecule has 4 heteroatoms. The Hall–Kier alpha value is -5.73. The van der Waals surface area contributed by atoms with Crippen molar-refractivity contribution in [3.63, 3.8) is 0 Å². The van der Waals surface area contributed by atoms with Gasteiger partial charge >= 0.3 is 0 Å². The van der Waals surface area contributed by atoms with Crippen LogP contribution in [0.15, 0.2) is 170 Å². The number of aryl methyl sites for hydroxylation is 7. The average molecular weight is 935 g/mol. The molecule has 8 aromatic carbocycles. The standard InChI is InChI=1S/C65H64BOPS/c1-43-34-45(3)63(46(4)35-43)66(64-47(5)36-44(2)37-48(64)6)55-27-31-62-60(40-55)59-39-53(24-30-61(59)69-62)52-22-25-54(26-23-52)65(41-50-14-13-15-51(38-50)42-65)33-32-49-20-28-58(29-21-49)68(67,56-16-9-7-10-17-56)57-18-11-8-12-19-57/h7-12,16-31,34-37,39-40,50-51H,13-15,32-33,38,41-42H2,1-6H3. The highest BCUT2D eigenvalue weighted by atomic mass is 32.1. The topological polar surface area (TPSA) is 17.1 Å². The SMILES string of the molecule is Cc1cc(C)c(B(c2ccc3sc4ccc(-c5ccc(C6(CCc7ccc(P(=O)(c8ccccc8)c8ccccc8)cc7)CC7CCCC(C7)C6)cc5)cc4c3c2)c2c(C)cc(C)cc2C)c(C)c1. The van der Waals surface area contributed by atoms with Gasteiger partial charge in [-0.25, -0.2) is 0 Å². The first kappa shape index (κ1) is 45.7. The molecule has 0 amide bonds. The second-order valence-corrected chi connectivity index (χ2v) is 25.1. The van der Waals surface area contributed by atoms with E-state index in [-0.39, 0.29) is 12.1 Å². The van der Waals surface area contributed by atoms with Gasteiger partial charge in [0.2, 0.25) is 6.71 Å². The van der Waals surface area contributed by atoms with E-state index >= 15 is 4.57 Å². The van der Waals surface area contributed by atoms with Crippen LogP contribution in [0, 0.1) is 53.4 Å². The Morgan fingerprint density at radius 3 is 1.58 bits per heavy atom. The van der Waals surface area contributed by atoms with Gasteiger partial charge in [-0.1, -0.05) is 221 Å². The van der Waals surface area contributed by atoms with E-state index in [1.807, 2.05) is 72.0 Å². The number of thiophene rings is 1. The highest BCUT2D eigenvalue weighted by Crippen LogP contribution is 2.53. The predicted octanol–water partition coefficient (Wildman–Crippen LogP) is 14.2. The molecule has 2 unspecified atom stereocenters. The zero-order valence-corrected chi connectivity index (χ0v) is 43.0. The van der Waals surface area contributed by atoms with Gasteiger partial charge in [0.1, 0.15) is 0 Å².